The van der Waals surface area contributed by atoms with E-state index >= 15 is 0 Å². The number of halogens is 1. The molecular weight excluding hydrogens is 448 g/mol. The Morgan fingerprint density at radius 1 is 1.09 bits per heavy atom. The number of carbonyl (C=O) groups excluding carboxylic acids is 1. The van der Waals surface area contributed by atoms with Crippen LogP contribution in [0.4, 0.5) is 11.6 Å². The van der Waals surface area contributed by atoms with Crippen molar-refractivity contribution in [1.29, 1.82) is 0 Å². The van der Waals surface area contributed by atoms with Crippen molar-refractivity contribution in [2.24, 2.45) is 0 Å². The molecule has 5 rings (SSSR count). The van der Waals surface area contributed by atoms with Crippen LogP contribution in [-0.2, 0) is 4.79 Å². The Bertz CT molecular complexity index is 1470. The van der Waals surface area contributed by atoms with Crippen molar-refractivity contribution < 1.29 is 9.53 Å². The zero-order chi connectivity index (χ0) is 24.0. The number of anilines is 2. The maximum Gasteiger partial charge on any atom is 0.255 e. The quantitative estimate of drug-likeness (QED) is 0.368. The number of methoxy groups -OCH3 is 1. The Morgan fingerprint density at radius 2 is 1.82 bits per heavy atom. The van der Waals surface area contributed by atoms with Gasteiger partial charge in [0.1, 0.15) is 5.75 Å². The first-order chi connectivity index (χ1) is 16.4. The summed E-state index contributed by atoms with van der Waals surface area (Å²) in [5.74, 6) is 1.17. The first-order valence-electron chi connectivity index (χ1n) is 11.0. The number of hydrogen-bond donors (Lipinski definition) is 2. The number of ether oxygens (including phenoxy) is 1. The lowest BCUT2D eigenvalue weighted by atomic mass is 9.93. The molecule has 0 bridgehead atoms. The number of rotatable bonds is 4. The molecule has 172 valence electrons. The number of benzene rings is 3. The summed E-state index contributed by atoms with van der Waals surface area (Å²) in [7, 11) is 1.64. The molecule has 1 atom stereocenters. The number of aromatic nitrogens is 2. The van der Waals surface area contributed by atoms with Crippen LogP contribution in [0.5, 0.6) is 5.75 Å². The van der Waals surface area contributed by atoms with Crippen LogP contribution >= 0.6 is 11.6 Å². The number of carbonyl (C=O) groups is 1. The molecule has 3 aromatic carbocycles. The van der Waals surface area contributed by atoms with Crippen molar-refractivity contribution in [3.8, 4) is 5.75 Å². The summed E-state index contributed by atoms with van der Waals surface area (Å²) < 4.78 is 7.77. The molecule has 0 unspecified atom stereocenters. The molecule has 0 saturated heterocycles. The van der Waals surface area contributed by atoms with Gasteiger partial charge in [-0.05, 0) is 62.2 Å². The number of nitrogens with zero attached hydrogens (tertiary/aromatic N) is 2. The van der Waals surface area contributed by atoms with Crippen LogP contribution < -0.4 is 15.4 Å². The van der Waals surface area contributed by atoms with Gasteiger partial charge in [-0.25, -0.2) is 4.98 Å². The lowest BCUT2D eigenvalue weighted by molar-refractivity contribution is -0.113. The van der Waals surface area contributed by atoms with E-state index in [-0.39, 0.29) is 5.91 Å². The van der Waals surface area contributed by atoms with Crippen molar-refractivity contribution in [3.05, 3.63) is 93.6 Å². The third-order valence-corrected chi connectivity index (χ3v) is 6.64. The van der Waals surface area contributed by atoms with Gasteiger partial charge >= 0.3 is 0 Å². The van der Waals surface area contributed by atoms with Gasteiger partial charge in [-0.2, -0.15) is 0 Å². The molecule has 2 N–H and O–H groups in total. The highest BCUT2D eigenvalue weighted by atomic mass is 35.5. The van der Waals surface area contributed by atoms with Gasteiger partial charge in [0.25, 0.3) is 5.91 Å². The highest BCUT2D eigenvalue weighted by Gasteiger charge is 2.35. The summed E-state index contributed by atoms with van der Waals surface area (Å²) in [5.41, 5.74) is 6.45. The Balaban J connectivity index is 1.70. The highest BCUT2D eigenvalue weighted by Crippen LogP contribution is 2.42. The number of fused-ring (bicyclic) bond motifs is 3. The van der Waals surface area contributed by atoms with Crippen molar-refractivity contribution in [2.75, 3.05) is 17.7 Å². The van der Waals surface area contributed by atoms with Gasteiger partial charge < -0.3 is 15.4 Å². The number of aryl methyl sites for hydroxylation is 1. The van der Waals surface area contributed by atoms with E-state index in [1.165, 1.54) is 0 Å². The molecule has 0 spiro atoms. The van der Waals surface area contributed by atoms with E-state index in [0.717, 1.165) is 33.4 Å². The number of hydrogen-bond acceptors (Lipinski definition) is 4. The molecule has 1 aliphatic heterocycles. The Labute approximate surface area is 203 Å². The average Bonchev–Trinajstić information content (AvgIpc) is 3.19. The molecule has 34 heavy (non-hydrogen) atoms. The molecule has 1 aliphatic rings. The zero-order valence-corrected chi connectivity index (χ0v) is 20.2. The SMILES string of the molecule is COc1ccccc1[C@@H]1C(C(=O)Nc2cc(C)cc(Cl)c2C)=C(C)Nc2nc3ccccc3n21. The van der Waals surface area contributed by atoms with Crippen molar-refractivity contribution in [1.82, 2.24) is 9.55 Å². The fourth-order valence-electron chi connectivity index (χ4n) is 4.58. The minimum absolute atomic E-state index is 0.214. The van der Waals surface area contributed by atoms with Gasteiger partial charge in [-0.3, -0.25) is 9.36 Å². The minimum atomic E-state index is -0.444. The maximum atomic E-state index is 13.9. The topological polar surface area (TPSA) is 68.2 Å². The number of allylic oxidation sites excluding steroid dienone is 1. The summed E-state index contributed by atoms with van der Waals surface area (Å²) in [6, 6.07) is 19.1. The second-order valence-electron chi connectivity index (χ2n) is 8.48. The number of para-hydroxylation sites is 3. The van der Waals surface area contributed by atoms with E-state index in [9.17, 15) is 4.79 Å². The molecule has 2 heterocycles. The van der Waals surface area contributed by atoms with Gasteiger partial charge in [0.2, 0.25) is 5.95 Å². The second-order valence-corrected chi connectivity index (χ2v) is 8.88. The molecule has 0 radical (unpaired) electrons. The summed E-state index contributed by atoms with van der Waals surface area (Å²) in [4.78, 5) is 18.7. The van der Waals surface area contributed by atoms with E-state index in [4.69, 9.17) is 21.3 Å². The van der Waals surface area contributed by atoms with E-state index in [1.807, 2.05) is 81.4 Å². The molecular formula is C27H25ClN4O2. The first-order valence-corrected chi connectivity index (χ1v) is 11.4. The van der Waals surface area contributed by atoms with Crippen molar-refractivity contribution >= 4 is 40.2 Å². The van der Waals surface area contributed by atoms with E-state index in [2.05, 4.69) is 15.2 Å². The molecule has 1 amide bonds. The predicted octanol–water partition coefficient (Wildman–Crippen LogP) is 6.24. The predicted molar refractivity (Wildman–Crippen MR) is 137 cm³/mol. The lowest BCUT2D eigenvalue weighted by Crippen LogP contribution is -2.31. The molecule has 4 aromatic rings. The van der Waals surface area contributed by atoms with Crippen LogP contribution in [0, 0.1) is 13.8 Å². The van der Waals surface area contributed by atoms with Crippen molar-refractivity contribution in [3.63, 3.8) is 0 Å². The van der Waals surface area contributed by atoms with Crippen molar-refractivity contribution in [2.45, 2.75) is 26.8 Å². The van der Waals surface area contributed by atoms with Gasteiger partial charge in [-0.1, -0.05) is 41.9 Å². The van der Waals surface area contributed by atoms with Gasteiger partial charge in [0.05, 0.1) is 29.8 Å². The largest absolute Gasteiger partial charge is 0.496 e. The zero-order valence-electron chi connectivity index (χ0n) is 19.4. The van der Waals surface area contributed by atoms with Crippen LogP contribution in [0.3, 0.4) is 0 Å². The van der Waals surface area contributed by atoms with Crippen LogP contribution in [0.1, 0.15) is 29.7 Å². The maximum absolute atomic E-state index is 13.9. The third-order valence-electron chi connectivity index (χ3n) is 6.25. The molecule has 0 aliphatic carbocycles. The van der Waals surface area contributed by atoms with Gasteiger partial charge in [-0.15, -0.1) is 0 Å². The molecule has 0 fully saturated rings. The molecule has 6 nitrogen and oxygen atoms in total. The average molecular weight is 473 g/mol. The first kappa shape index (κ1) is 22.0. The highest BCUT2D eigenvalue weighted by molar-refractivity contribution is 6.32. The smallest absolute Gasteiger partial charge is 0.255 e. The molecule has 7 heteroatoms. The number of amides is 1. The monoisotopic (exact) mass is 472 g/mol. The molecule has 1 aromatic heterocycles. The van der Waals surface area contributed by atoms with Crippen LogP contribution in [-0.4, -0.2) is 22.6 Å². The normalized spacial score (nSPS) is 15.1. The Kier molecular flexibility index (Phi) is 5.54. The van der Waals surface area contributed by atoms with Crippen LogP contribution in [0.2, 0.25) is 5.02 Å². The van der Waals surface area contributed by atoms with Gasteiger partial charge in [0, 0.05) is 22.0 Å². The Morgan fingerprint density at radius 3 is 2.62 bits per heavy atom. The fourth-order valence-corrected chi connectivity index (χ4v) is 4.85. The van der Waals surface area contributed by atoms with E-state index < -0.39 is 6.04 Å². The Hall–Kier alpha value is -3.77. The summed E-state index contributed by atoms with van der Waals surface area (Å²) in [5, 5.41) is 7.07. The second kappa shape index (κ2) is 8.54. The third kappa shape index (κ3) is 3.60. The standard InChI is InChI=1S/C27H25ClN4O2/c1-15-13-19(28)16(2)21(14-15)30-26(33)24-17(3)29-27-31-20-10-6-7-11-22(20)32(27)25(24)18-9-5-8-12-23(18)34-4/h5-14,25H,1-4H3,(H,29,31)(H,30,33)/t25-/m1/s1. The lowest BCUT2D eigenvalue weighted by Gasteiger charge is -2.31. The number of nitrogens with one attached hydrogen (secondary N) is 2. The fraction of sp³-hybridized carbons (Fsp3) is 0.185. The van der Waals surface area contributed by atoms with E-state index in [1.54, 1.807) is 7.11 Å². The minimum Gasteiger partial charge on any atom is -0.496 e. The van der Waals surface area contributed by atoms with Gasteiger partial charge in [0.15, 0.2) is 0 Å². The van der Waals surface area contributed by atoms with Crippen LogP contribution in [0.15, 0.2) is 71.9 Å². The summed E-state index contributed by atoms with van der Waals surface area (Å²) in [6.45, 7) is 5.75. The summed E-state index contributed by atoms with van der Waals surface area (Å²) in [6.07, 6.45) is 0. The van der Waals surface area contributed by atoms with Crippen LogP contribution in [0.25, 0.3) is 11.0 Å². The van der Waals surface area contributed by atoms with E-state index in [0.29, 0.717) is 28.0 Å². The summed E-state index contributed by atoms with van der Waals surface area (Å²) >= 11 is 6.39. The number of imidazole rings is 1. The molecule has 0 saturated carbocycles.